The molecule has 0 saturated carbocycles. The molecule has 6 rings (SSSR count). The predicted octanol–water partition coefficient (Wildman–Crippen LogP) is 6.36. The Morgan fingerprint density at radius 1 is 1.06 bits per heavy atom. The number of amidine groups is 1. The first kappa shape index (κ1) is 18.9. The van der Waals surface area contributed by atoms with E-state index in [0.717, 1.165) is 22.2 Å². The van der Waals surface area contributed by atoms with Crippen molar-refractivity contribution in [3.63, 3.8) is 0 Å². The van der Waals surface area contributed by atoms with Crippen molar-refractivity contribution in [2.75, 3.05) is 6.61 Å². The van der Waals surface area contributed by atoms with E-state index in [0.29, 0.717) is 12.2 Å². The lowest BCUT2D eigenvalue weighted by Crippen LogP contribution is -2.56. The zero-order valence-electron chi connectivity index (χ0n) is 17.1. The molecule has 6 heteroatoms. The van der Waals surface area contributed by atoms with Crippen LogP contribution in [0.4, 0.5) is 8.78 Å². The highest BCUT2D eigenvalue weighted by Crippen LogP contribution is 2.54. The Hall–Kier alpha value is -2.86. The van der Waals surface area contributed by atoms with Gasteiger partial charge in [-0.15, -0.1) is 0 Å². The van der Waals surface area contributed by atoms with Crippen LogP contribution >= 0.6 is 11.8 Å². The average molecular weight is 435 g/mol. The molecule has 0 fully saturated rings. The summed E-state index contributed by atoms with van der Waals surface area (Å²) in [5, 5.41) is 5.20. The molecule has 0 aromatic heterocycles. The quantitative estimate of drug-likeness (QED) is 0.445. The van der Waals surface area contributed by atoms with E-state index in [1.807, 2.05) is 23.6 Å². The molecule has 0 spiro atoms. The summed E-state index contributed by atoms with van der Waals surface area (Å²) in [6.07, 6.45) is 0. The summed E-state index contributed by atoms with van der Waals surface area (Å²) in [7, 11) is 0. The van der Waals surface area contributed by atoms with Gasteiger partial charge in [0.05, 0.1) is 18.3 Å². The standard InChI is InChI=1S/C25H20F2N2OS/c1-25(2)17-12-30-21-10-8-14-5-3-4-6-16(14)22(21)23(17)28-24-29(25)20(13-31-24)15-7-9-18(26)19(27)11-15/h3-11,13,17,23H,12H2,1-2H3/t17?,23-/m0/s1. The zero-order chi connectivity index (χ0) is 21.3. The molecule has 3 aromatic rings. The van der Waals surface area contributed by atoms with E-state index >= 15 is 0 Å². The Morgan fingerprint density at radius 3 is 2.74 bits per heavy atom. The number of benzene rings is 3. The molecule has 0 radical (unpaired) electrons. The third-order valence-corrected chi connectivity index (χ3v) is 7.52. The molecule has 1 unspecified atom stereocenters. The van der Waals surface area contributed by atoms with E-state index in [-0.39, 0.29) is 17.5 Å². The summed E-state index contributed by atoms with van der Waals surface area (Å²) in [5.74, 6) is -0.693. The van der Waals surface area contributed by atoms with Crippen molar-refractivity contribution in [1.82, 2.24) is 4.90 Å². The van der Waals surface area contributed by atoms with Crippen LogP contribution in [0.25, 0.3) is 16.5 Å². The van der Waals surface area contributed by atoms with Crippen LogP contribution in [-0.2, 0) is 0 Å². The minimum absolute atomic E-state index is 0.0266. The molecule has 156 valence electrons. The van der Waals surface area contributed by atoms with Gasteiger partial charge in [0.2, 0.25) is 0 Å². The predicted molar refractivity (Wildman–Crippen MR) is 121 cm³/mol. The first-order valence-electron chi connectivity index (χ1n) is 10.3. The molecule has 3 aromatic carbocycles. The number of fused-ring (bicyclic) bond motifs is 6. The van der Waals surface area contributed by atoms with Crippen molar-refractivity contribution in [2.45, 2.75) is 25.4 Å². The fraction of sp³-hybridized carbons (Fsp3) is 0.240. The van der Waals surface area contributed by atoms with Crippen molar-refractivity contribution in [2.24, 2.45) is 10.9 Å². The number of halogens is 2. The summed E-state index contributed by atoms with van der Waals surface area (Å²) in [5.41, 5.74) is 2.29. The van der Waals surface area contributed by atoms with Gasteiger partial charge >= 0.3 is 0 Å². The Labute approximate surface area is 183 Å². The monoisotopic (exact) mass is 434 g/mol. The molecule has 3 heterocycles. The molecule has 3 aliphatic rings. The summed E-state index contributed by atoms with van der Waals surface area (Å²) in [6, 6.07) is 16.5. The molecule has 0 bridgehead atoms. The molecule has 0 aliphatic carbocycles. The molecule has 0 saturated heterocycles. The third-order valence-electron chi connectivity index (χ3n) is 6.68. The normalized spacial score (nSPS) is 23.4. The number of aliphatic imine (C=N–C) groups is 1. The Kier molecular flexibility index (Phi) is 4.00. The lowest BCUT2D eigenvalue weighted by molar-refractivity contribution is 0.0754. The first-order chi connectivity index (χ1) is 14.9. The maximum atomic E-state index is 14.0. The molecular weight excluding hydrogens is 414 g/mol. The van der Waals surface area contributed by atoms with Crippen molar-refractivity contribution in [3.8, 4) is 5.75 Å². The number of thioether (sulfide) groups is 1. The van der Waals surface area contributed by atoms with Crippen molar-refractivity contribution < 1.29 is 13.5 Å². The Morgan fingerprint density at radius 2 is 1.90 bits per heavy atom. The fourth-order valence-electron chi connectivity index (χ4n) is 5.02. The summed E-state index contributed by atoms with van der Waals surface area (Å²) in [6.45, 7) is 4.91. The van der Waals surface area contributed by atoms with Crippen LogP contribution in [0, 0.1) is 17.6 Å². The van der Waals surface area contributed by atoms with Gasteiger partial charge in [0.25, 0.3) is 0 Å². The van der Waals surface area contributed by atoms with Gasteiger partial charge in [-0.05, 0) is 48.9 Å². The largest absolute Gasteiger partial charge is 0.493 e. The first-order valence-corrected chi connectivity index (χ1v) is 11.2. The van der Waals surface area contributed by atoms with E-state index in [1.165, 1.54) is 34.7 Å². The second kappa shape index (κ2) is 6.57. The van der Waals surface area contributed by atoms with Crippen LogP contribution < -0.4 is 4.74 Å². The van der Waals surface area contributed by atoms with Gasteiger partial charge in [-0.2, -0.15) is 0 Å². The summed E-state index contributed by atoms with van der Waals surface area (Å²) in [4.78, 5) is 7.33. The van der Waals surface area contributed by atoms with Crippen molar-refractivity contribution >= 4 is 33.4 Å². The number of rotatable bonds is 1. The highest BCUT2D eigenvalue weighted by molar-refractivity contribution is 8.16. The number of nitrogens with zero attached hydrogens (tertiary/aromatic N) is 2. The lowest BCUT2D eigenvalue weighted by Gasteiger charge is -2.51. The smallest absolute Gasteiger partial charge is 0.169 e. The number of hydrogen-bond acceptors (Lipinski definition) is 4. The molecule has 3 nitrogen and oxygen atoms in total. The topological polar surface area (TPSA) is 24.8 Å². The van der Waals surface area contributed by atoms with Crippen LogP contribution in [0.1, 0.15) is 31.0 Å². The van der Waals surface area contributed by atoms with Gasteiger partial charge in [-0.3, -0.25) is 4.99 Å². The zero-order valence-corrected chi connectivity index (χ0v) is 17.9. The summed E-state index contributed by atoms with van der Waals surface area (Å²) >= 11 is 1.53. The maximum Gasteiger partial charge on any atom is 0.169 e. The van der Waals surface area contributed by atoms with E-state index in [4.69, 9.17) is 9.73 Å². The van der Waals surface area contributed by atoms with Gasteiger partial charge in [0.1, 0.15) is 5.75 Å². The van der Waals surface area contributed by atoms with Gasteiger partial charge in [0.15, 0.2) is 16.8 Å². The second-order valence-electron chi connectivity index (χ2n) is 8.71. The number of hydrogen-bond donors (Lipinski definition) is 0. The molecule has 0 amide bonds. The van der Waals surface area contributed by atoms with Crippen LogP contribution in [0.3, 0.4) is 0 Å². The molecule has 2 atom stereocenters. The van der Waals surface area contributed by atoms with Gasteiger partial charge in [0, 0.05) is 28.0 Å². The van der Waals surface area contributed by atoms with Crippen LogP contribution in [0.15, 0.2) is 65.0 Å². The maximum absolute atomic E-state index is 14.0. The highest BCUT2D eigenvalue weighted by Gasteiger charge is 2.51. The average Bonchev–Trinajstić information content (AvgIpc) is 3.20. The molecule has 0 N–H and O–H groups in total. The Balaban J connectivity index is 1.50. The SMILES string of the molecule is CC1(C)C2COc3ccc4ccccc4c3[C@H]2N=C2SC=C(c3ccc(F)c(F)c3)N21. The van der Waals surface area contributed by atoms with E-state index < -0.39 is 11.6 Å². The molecular formula is C25H20F2N2OS. The van der Waals surface area contributed by atoms with Crippen molar-refractivity contribution in [3.05, 3.63) is 82.8 Å². The molecule has 31 heavy (non-hydrogen) atoms. The van der Waals surface area contributed by atoms with Gasteiger partial charge < -0.3 is 9.64 Å². The van der Waals surface area contributed by atoms with Crippen LogP contribution in [0.2, 0.25) is 0 Å². The number of ether oxygens (including phenoxy) is 1. The fourth-order valence-corrected chi connectivity index (χ4v) is 6.09. The Bertz CT molecular complexity index is 1300. The van der Waals surface area contributed by atoms with Gasteiger partial charge in [-0.25, -0.2) is 8.78 Å². The van der Waals surface area contributed by atoms with E-state index in [9.17, 15) is 8.78 Å². The van der Waals surface area contributed by atoms with Crippen molar-refractivity contribution in [1.29, 1.82) is 0 Å². The molecule has 3 aliphatic heterocycles. The highest BCUT2D eigenvalue weighted by atomic mass is 32.2. The minimum Gasteiger partial charge on any atom is -0.493 e. The summed E-state index contributed by atoms with van der Waals surface area (Å²) < 4.78 is 33.7. The minimum atomic E-state index is -0.845. The third kappa shape index (κ3) is 2.67. The second-order valence-corrected chi connectivity index (χ2v) is 9.55. The van der Waals surface area contributed by atoms with Crippen LogP contribution in [-0.4, -0.2) is 22.2 Å². The van der Waals surface area contributed by atoms with E-state index in [1.54, 1.807) is 6.07 Å². The van der Waals surface area contributed by atoms with Crippen LogP contribution in [0.5, 0.6) is 5.75 Å². The van der Waals surface area contributed by atoms with Gasteiger partial charge in [-0.1, -0.05) is 42.1 Å². The van der Waals surface area contributed by atoms with E-state index in [2.05, 4.69) is 36.9 Å². The lowest BCUT2D eigenvalue weighted by atomic mass is 9.74.